The van der Waals surface area contributed by atoms with Crippen molar-refractivity contribution in [2.24, 2.45) is 5.92 Å². The van der Waals surface area contributed by atoms with Gasteiger partial charge in [0.2, 0.25) is 0 Å². The van der Waals surface area contributed by atoms with Gasteiger partial charge in [-0.1, -0.05) is 23.8 Å². The summed E-state index contributed by atoms with van der Waals surface area (Å²) in [7, 11) is 1.70. The predicted octanol–water partition coefficient (Wildman–Crippen LogP) is 4.57. The molecule has 0 amide bonds. The Kier molecular flexibility index (Phi) is 3.30. The zero-order valence-electron chi connectivity index (χ0n) is 12.3. The molecule has 1 N–H and O–H groups in total. The summed E-state index contributed by atoms with van der Waals surface area (Å²) in [5.41, 5.74) is 3.43. The molecule has 1 aliphatic heterocycles. The number of benzene rings is 1. The van der Waals surface area contributed by atoms with Crippen molar-refractivity contribution in [2.45, 2.75) is 18.4 Å². The van der Waals surface area contributed by atoms with E-state index in [1.807, 2.05) is 24.5 Å². The topological polar surface area (TPSA) is 34.1 Å². The zero-order chi connectivity index (χ0) is 15.1. The molecule has 3 nitrogen and oxygen atoms in total. The van der Waals surface area contributed by atoms with Crippen molar-refractivity contribution in [3.63, 3.8) is 0 Å². The fourth-order valence-electron chi connectivity index (χ4n) is 3.71. The largest absolute Gasteiger partial charge is 0.495 e. The highest BCUT2D eigenvalue weighted by Crippen LogP contribution is 2.54. The van der Waals surface area contributed by atoms with Gasteiger partial charge in [-0.2, -0.15) is 0 Å². The second-order valence-corrected chi connectivity index (χ2v) is 6.20. The third-order valence-corrected chi connectivity index (χ3v) is 5.04. The van der Waals surface area contributed by atoms with Gasteiger partial charge in [0.1, 0.15) is 5.75 Å². The summed E-state index contributed by atoms with van der Waals surface area (Å²) in [6, 6.07) is 8.25. The van der Waals surface area contributed by atoms with Gasteiger partial charge in [-0.3, -0.25) is 4.98 Å². The minimum absolute atomic E-state index is 0.239. The van der Waals surface area contributed by atoms with Crippen LogP contribution in [0.3, 0.4) is 0 Å². The molecule has 4 rings (SSSR count). The summed E-state index contributed by atoms with van der Waals surface area (Å²) in [5, 5.41) is 4.47. The van der Waals surface area contributed by atoms with Crippen LogP contribution in [0.5, 0.6) is 5.75 Å². The van der Waals surface area contributed by atoms with Crippen LogP contribution in [-0.4, -0.2) is 12.1 Å². The second kappa shape index (κ2) is 5.33. The zero-order valence-corrected chi connectivity index (χ0v) is 13.0. The maximum Gasteiger partial charge on any atom is 0.142 e. The second-order valence-electron chi connectivity index (χ2n) is 5.79. The minimum atomic E-state index is 0.239. The highest BCUT2D eigenvalue weighted by Gasteiger charge is 2.40. The van der Waals surface area contributed by atoms with E-state index < -0.39 is 0 Å². The number of hydrogen-bond acceptors (Lipinski definition) is 3. The lowest BCUT2D eigenvalue weighted by atomic mass is 9.77. The standard InChI is InChI=1S/C18H17ClN2O/c1-22-15-6-5-14(19)16-12-3-2-4-13(12)17(21-18(15)16)11-7-9-20-10-8-11/h2-3,5-10,12-13,17,21H,4H2,1H3/t12-,13+,17-/m0/s1. The number of halogens is 1. The third kappa shape index (κ3) is 2.00. The fourth-order valence-corrected chi connectivity index (χ4v) is 3.99. The van der Waals surface area contributed by atoms with Gasteiger partial charge in [-0.25, -0.2) is 0 Å². The first-order valence-corrected chi connectivity index (χ1v) is 7.87. The summed E-state index contributed by atoms with van der Waals surface area (Å²) >= 11 is 6.49. The molecule has 0 radical (unpaired) electrons. The van der Waals surface area contributed by atoms with Crippen molar-refractivity contribution in [3.8, 4) is 5.75 Å². The molecule has 1 aromatic carbocycles. The molecule has 3 atom stereocenters. The van der Waals surface area contributed by atoms with Crippen LogP contribution >= 0.6 is 11.6 Å². The van der Waals surface area contributed by atoms with Crippen LogP contribution in [0.1, 0.15) is 29.5 Å². The van der Waals surface area contributed by atoms with E-state index in [-0.39, 0.29) is 6.04 Å². The molecule has 0 spiro atoms. The minimum Gasteiger partial charge on any atom is -0.495 e. The van der Waals surface area contributed by atoms with Crippen LogP contribution in [0.4, 0.5) is 5.69 Å². The van der Waals surface area contributed by atoms with Crippen molar-refractivity contribution in [1.82, 2.24) is 4.98 Å². The Morgan fingerprint density at radius 1 is 1.23 bits per heavy atom. The molecular formula is C18H17ClN2O. The van der Waals surface area contributed by atoms with Crippen molar-refractivity contribution < 1.29 is 4.74 Å². The summed E-state index contributed by atoms with van der Waals surface area (Å²) in [5.74, 6) is 1.65. The van der Waals surface area contributed by atoms with E-state index in [0.29, 0.717) is 11.8 Å². The first-order chi connectivity index (χ1) is 10.8. The smallest absolute Gasteiger partial charge is 0.142 e. The number of allylic oxidation sites excluding steroid dienone is 2. The lowest BCUT2D eigenvalue weighted by molar-refractivity contribution is 0.397. The molecule has 2 aromatic rings. The van der Waals surface area contributed by atoms with Gasteiger partial charge >= 0.3 is 0 Å². The van der Waals surface area contributed by atoms with Gasteiger partial charge < -0.3 is 10.1 Å². The van der Waals surface area contributed by atoms with Crippen molar-refractivity contribution in [1.29, 1.82) is 0 Å². The number of nitrogens with zero attached hydrogens (tertiary/aromatic N) is 1. The SMILES string of the molecule is COc1ccc(Cl)c2c1N[C@@H](c1ccncc1)[C@@H]1CC=C[C@H]21. The molecule has 0 unspecified atom stereocenters. The average Bonchev–Trinajstić information content (AvgIpc) is 3.04. The van der Waals surface area contributed by atoms with Gasteiger partial charge in [-0.05, 0) is 42.2 Å². The monoisotopic (exact) mass is 312 g/mol. The van der Waals surface area contributed by atoms with Crippen LogP contribution < -0.4 is 10.1 Å². The van der Waals surface area contributed by atoms with Crippen LogP contribution in [0, 0.1) is 5.92 Å². The third-order valence-electron chi connectivity index (χ3n) is 4.71. The molecule has 2 heterocycles. The lowest BCUT2D eigenvalue weighted by Crippen LogP contribution is -2.29. The quantitative estimate of drug-likeness (QED) is 0.825. The van der Waals surface area contributed by atoms with E-state index >= 15 is 0 Å². The normalized spacial score (nSPS) is 25.3. The molecule has 0 saturated heterocycles. The lowest BCUT2D eigenvalue weighted by Gasteiger charge is -2.38. The van der Waals surface area contributed by atoms with Crippen LogP contribution in [0.2, 0.25) is 5.02 Å². The first-order valence-electron chi connectivity index (χ1n) is 7.49. The van der Waals surface area contributed by atoms with Gasteiger partial charge in [0.05, 0.1) is 18.8 Å². The average molecular weight is 313 g/mol. The number of nitrogens with one attached hydrogen (secondary N) is 1. The Labute approximate surface area is 135 Å². The van der Waals surface area contributed by atoms with E-state index in [4.69, 9.17) is 16.3 Å². The summed E-state index contributed by atoms with van der Waals surface area (Å²) in [6.07, 6.45) is 9.29. The van der Waals surface area contributed by atoms with Crippen LogP contribution in [0.25, 0.3) is 0 Å². The Morgan fingerprint density at radius 2 is 2.05 bits per heavy atom. The highest BCUT2D eigenvalue weighted by atomic mass is 35.5. The van der Waals surface area contributed by atoms with Gasteiger partial charge in [-0.15, -0.1) is 0 Å². The summed E-state index contributed by atoms with van der Waals surface area (Å²) in [4.78, 5) is 4.13. The van der Waals surface area contributed by atoms with E-state index in [9.17, 15) is 0 Å². The number of rotatable bonds is 2. The van der Waals surface area contributed by atoms with E-state index in [1.54, 1.807) is 7.11 Å². The fraction of sp³-hybridized carbons (Fsp3) is 0.278. The first kappa shape index (κ1) is 13.6. The van der Waals surface area contributed by atoms with Gasteiger partial charge in [0.25, 0.3) is 0 Å². The van der Waals surface area contributed by atoms with Crippen LogP contribution in [0.15, 0.2) is 48.8 Å². The Hall–Kier alpha value is -2.00. The predicted molar refractivity (Wildman–Crippen MR) is 88.6 cm³/mol. The van der Waals surface area contributed by atoms with Crippen molar-refractivity contribution in [2.75, 3.05) is 12.4 Å². The van der Waals surface area contributed by atoms with E-state index in [2.05, 4.69) is 34.6 Å². The number of anilines is 1. The molecule has 0 fully saturated rings. The molecule has 1 aromatic heterocycles. The van der Waals surface area contributed by atoms with E-state index in [0.717, 1.165) is 28.4 Å². The molecular weight excluding hydrogens is 296 g/mol. The van der Waals surface area contributed by atoms with Gasteiger partial charge in [0.15, 0.2) is 0 Å². The molecule has 112 valence electrons. The molecule has 1 aliphatic carbocycles. The summed E-state index contributed by atoms with van der Waals surface area (Å²) < 4.78 is 5.54. The number of fused-ring (bicyclic) bond motifs is 3. The van der Waals surface area contributed by atoms with E-state index in [1.165, 1.54) is 5.56 Å². The molecule has 2 aliphatic rings. The molecule has 22 heavy (non-hydrogen) atoms. The number of pyridine rings is 1. The highest BCUT2D eigenvalue weighted by molar-refractivity contribution is 6.32. The Bertz CT molecular complexity index is 729. The molecule has 0 saturated carbocycles. The van der Waals surface area contributed by atoms with Crippen LogP contribution in [-0.2, 0) is 0 Å². The molecule has 0 bridgehead atoms. The number of hydrogen-bond donors (Lipinski definition) is 1. The maximum atomic E-state index is 6.49. The number of ether oxygens (including phenoxy) is 1. The van der Waals surface area contributed by atoms with Crippen molar-refractivity contribution >= 4 is 17.3 Å². The number of aromatic nitrogens is 1. The Balaban J connectivity index is 1.87. The van der Waals surface area contributed by atoms with Gasteiger partial charge in [0, 0.05) is 28.9 Å². The Morgan fingerprint density at radius 3 is 2.82 bits per heavy atom. The number of methoxy groups -OCH3 is 1. The molecule has 4 heteroatoms. The maximum absolute atomic E-state index is 6.49. The van der Waals surface area contributed by atoms with Crippen molar-refractivity contribution in [3.05, 3.63) is 65.0 Å². The summed E-state index contributed by atoms with van der Waals surface area (Å²) in [6.45, 7) is 0.